The summed E-state index contributed by atoms with van der Waals surface area (Å²) < 4.78 is 38.5. The molecule has 2 aromatic carbocycles. The molecule has 0 bridgehead atoms. The highest BCUT2D eigenvalue weighted by molar-refractivity contribution is 7.89. The number of hydrogen-bond donors (Lipinski definition) is 0. The summed E-state index contributed by atoms with van der Waals surface area (Å²) in [6, 6.07) is 6.40. The lowest BCUT2D eigenvalue weighted by Crippen LogP contribution is -2.41. The number of halogens is 2. The van der Waals surface area contributed by atoms with Gasteiger partial charge >= 0.3 is 0 Å². The molecule has 2 aliphatic rings. The van der Waals surface area contributed by atoms with Gasteiger partial charge in [0.2, 0.25) is 10.0 Å². The average molecular weight is 499 g/mol. The predicted molar refractivity (Wildman–Crippen MR) is 124 cm³/mol. The Kier molecular flexibility index (Phi) is 6.70. The number of carbonyl (C=O) groups excluding carboxylic acids is 1. The number of hydrogen-bond acceptors (Lipinski definition) is 5. The lowest BCUT2D eigenvalue weighted by molar-refractivity contribution is 0.0730. The van der Waals surface area contributed by atoms with Crippen LogP contribution in [0.3, 0.4) is 0 Å². The smallest absolute Gasteiger partial charge is 0.259 e. The van der Waals surface area contributed by atoms with Crippen molar-refractivity contribution >= 4 is 44.8 Å². The van der Waals surface area contributed by atoms with Crippen molar-refractivity contribution in [3.8, 4) is 5.75 Å². The summed E-state index contributed by atoms with van der Waals surface area (Å²) in [5.74, 6) is 0.194. The Hall–Kier alpha value is -1.84. The zero-order valence-electron chi connectivity index (χ0n) is 17.9. The number of anilines is 1. The van der Waals surface area contributed by atoms with Gasteiger partial charge in [-0.1, -0.05) is 29.3 Å². The monoisotopic (exact) mass is 498 g/mol. The quantitative estimate of drug-likeness (QED) is 0.638. The van der Waals surface area contributed by atoms with Crippen LogP contribution in [-0.4, -0.2) is 58.6 Å². The zero-order valence-corrected chi connectivity index (χ0v) is 20.2. The van der Waals surface area contributed by atoms with Crippen molar-refractivity contribution in [2.24, 2.45) is 0 Å². The fourth-order valence-corrected chi connectivity index (χ4v) is 6.42. The first-order valence-electron chi connectivity index (χ1n) is 10.3. The Bertz CT molecular complexity index is 1160. The van der Waals surface area contributed by atoms with Crippen molar-refractivity contribution in [2.75, 3.05) is 44.9 Å². The largest absolute Gasteiger partial charge is 0.495 e. The van der Waals surface area contributed by atoms with E-state index in [4.69, 9.17) is 32.7 Å². The summed E-state index contributed by atoms with van der Waals surface area (Å²) in [6.07, 6.45) is 1.60. The van der Waals surface area contributed by atoms with E-state index in [2.05, 4.69) is 0 Å². The average Bonchev–Trinajstić information content (AvgIpc) is 2.79. The summed E-state index contributed by atoms with van der Waals surface area (Å²) in [5, 5.41) is 0.0742. The number of aryl methyl sites for hydroxylation is 1. The molecule has 1 saturated heterocycles. The lowest BCUT2D eigenvalue weighted by atomic mass is 9.95. The van der Waals surface area contributed by atoms with Gasteiger partial charge in [0.05, 0.1) is 41.6 Å². The third-order valence-corrected chi connectivity index (χ3v) is 8.54. The van der Waals surface area contributed by atoms with E-state index in [9.17, 15) is 13.2 Å². The Morgan fingerprint density at radius 2 is 1.81 bits per heavy atom. The minimum absolute atomic E-state index is 0.0227. The molecule has 0 aromatic heterocycles. The van der Waals surface area contributed by atoms with Gasteiger partial charge in [-0.15, -0.1) is 0 Å². The predicted octanol–water partition coefficient (Wildman–Crippen LogP) is 3.92. The van der Waals surface area contributed by atoms with Gasteiger partial charge in [-0.3, -0.25) is 4.79 Å². The maximum Gasteiger partial charge on any atom is 0.259 e. The Labute approximate surface area is 197 Å². The molecule has 0 N–H and O–H groups in total. The number of sulfonamides is 1. The highest BCUT2D eigenvalue weighted by Crippen LogP contribution is 2.40. The maximum absolute atomic E-state index is 13.6. The number of carbonyl (C=O) groups is 1. The van der Waals surface area contributed by atoms with Crippen LogP contribution in [0.2, 0.25) is 10.0 Å². The van der Waals surface area contributed by atoms with Crippen LogP contribution in [0.1, 0.15) is 27.9 Å². The van der Waals surface area contributed by atoms with Gasteiger partial charge in [-0.05, 0) is 49.1 Å². The Balaban J connectivity index is 1.78. The summed E-state index contributed by atoms with van der Waals surface area (Å²) in [7, 11) is -2.35. The Morgan fingerprint density at radius 3 is 2.50 bits per heavy atom. The molecule has 1 amide bonds. The van der Waals surface area contributed by atoms with Gasteiger partial charge in [-0.25, -0.2) is 8.42 Å². The van der Waals surface area contributed by atoms with Gasteiger partial charge in [0.25, 0.3) is 5.91 Å². The summed E-state index contributed by atoms with van der Waals surface area (Å²) >= 11 is 12.7. The van der Waals surface area contributed by atoms with Gasteiger partial charge in [0, 0.05) is 19.6 Å². The molecule has 0 atom stereocenters. The third-order valence-electron chi connectivity index (χ3n) is 5.86. The minimum Gasteiger partial charge on any atom is -0.495 e. The molecule has 2 aromatic rings. The number of rotatable bonds is 4. The second kappa shape index (κ2) is 9.19. The number of ether oxygens (including phenoxy) is 2. The molecular weight excluding hydrogens is 475 g/mol. The van der Waals surface area contributed by atoms with E-state index < -0.39 is 15.9 Å². The van der Waals surface area contributed by atoms with Gasteiger partial charge in [0.15, 0.2) is 0 Å². The van der Waals surface area contributed by atoms with E-state index in [0.717, 1.165) is 24.0 Å². The van der Waals surface area contributed by atoms with Crippen molar-refractivity contribution in [1.82, 2.24) is 4.31 Å². The van der Waals surface area contributed by atoms with E-state index in [-0.39, 0.29) is 33.6 Å². The fraction of sp³-hybridized carbons (Fsp3) is 0.409. The van der Waals surface area contributed by atoms with E-state index >= 15 is 0 Å². The normalized spacial score (nSPS) is 17.2. The van der Waals surface area contributed by atoms with Crippen molar-refractivity contribution in [1.29, 1.82) is 0 Å². The number of amides is 1. The summed E-state index contributed by atoms with van der Waals surface area (Å²) in [6.45, 7) is 3.52. The van der Waals surface area contributed by atoms with Gasteiger partial charge < -0.3 is 14.4 Å². The van der Waals surface area contributed by atoms with E-state index in [1.165, 1.54) is 16.4 Å². The summed E-state index contributed by atoms with van der Waals surface area (Å²) in [5.41, 5.74) is 2.89. The Morgan fingerprint density at radius 1 is 1.09 bits per heavy atom. The van der Waals surface area contributed by atoms with Crippen molar-refractivity contribution in [2.45, 2.75) is 24.7 Å². The van der Waals surface area contributed by atoms with Crippen LogP contribution in [-0.2, 0) is 21.2 Å². The van der Waals surface area contributed by atoms with Crippen molar-refractivity contribution < 1.29 is 22.7 Å². The highest BCUT2D eigenvalue weighted by atomic mass is 35.5. The van der Waals surface area contributed by atoms with Crippen LogP contribution in [0, 0.1) is 6.92 Å². The van der Waals surface area contributed by atoms with Crippen LogP contribution < -0.4 is 9.64 Å². The zero-order chi connectivity index (χ0) is 23.0. The molecular formula is C22H24Cl2N2O5S. The fourth-order valence-electron chi connectivity index (χ4n) is 4.18. The lowest BCUT2D eigenvalue weighted by Gasteiger charge is -2.32. The van der Waals surface area contributed by atoms with E-state index in [1.807, 2.05) is 19.1 Å². The molecule has 0 unspecified atom stereocenters. The number of nitrogens with zero attached hydrogens (tertiary/aromatic N) is 2. The van der Waals surface area contributed by atoms with Crippen molar-refractivity contribution in [3.63, 3.8) is 0 Å². The molecule has 10 heteroatoms. The van der Waals surface area contributed by atoms with Crippen LogP contribution in [0.25, 0.3) is 0 Å². The first-order valence-corrected chi connectivity index (χ1v) is 12.5. The molecule has 2 aliphatic heterocycles. The molecule has 172 valence electrons. The standard InChI is InChI=1S/C22H24Cl2N2O5S/c1-14-5-6-19(30-2)21-15(14)4-3-7-26(21)22(27)16-12-20(18(24)13-17(16)23)32(28,29)25-8-10-31-11-9-25/h5-6,12-13H,3-4,7-11H2,1-2H3. The highest BCUT2D eigenvalue weighted by Gasteiger charge is 2.33. The second-order valence-electron chi connectivity index (χ2n) is 7.75. The second-order valence-corrected chi connectivity index (χ2v) is 10.5. The van der Waals surface area contributed by atoms with Crippen molar-refractivity contribution in [3.05, 3.63) is 51.0 Å². The van der Waals surface area contributed by atoms with Crippen LogP contribution in [0.15, 0.2) is 29.2 Å². The van der Waals surface area contributed by atoms with Crippen LogP contribution in [0.5, 0.6) is 5.75 Å². The van der Waals surface area contributed by atoms with Gasteiger partial charge in [-0.2, -0.15) is 4.31 Å². The number of fused-ring (bicyclic) bond motifs is 1. The molecule has 0 saturated carbocycles. The minimum atomic E-state index is -3.91. The first-order chi connectivity index (χ1) is 15.3. The third kappa shape index (κ3) is 4.10. The molecule has 0 spiro atoms. The molecule has 0 radical (unpaired) electrons. The SMILES string of the molecule is COc1ccc(C)c2c1N(C(=O)c1cc(S(=O)(=O)N3CCOCC3)c(Cl)cc1Cl)CCC2. The number of methoxy groups -OCH3 is 1. The number of benzene rings is 2. The molecule has 2 heterocycles. The van der Waals surface area contributed by atoms with E-state index in [0.29, 0.717) is 31.2 Å². The maximum atomic E-state index is 13.6. The first kappa shape index (κ1) is 23.3. The molecule has 0 aliphatic carbocycles. The molecule has 4 rings (SSSR count). The molecule has 32 heavy (non-hydrogen) atoms. The summed E-state index contributed by atoms with van der Waals surface area (Å²) in [4.78, 5) is 15.1. The van der Waals surface area contributed by atoms with E-state index in [1.54, 1.807) is 12.0 Å². The van der Waals surface area contributed by atoms with Crippen LogP contribution in [0.4, 0.5) is 5.69 Å². The topological polar surface area (TPSA) is 76.2 Å². The molecule has 1 fully saturated rings. The van der Waals surface area contributed by atoms with Crippen LogP contribution >= 0.6 is 23.2 Å². The molecule has 7 nitrogen and oxygen atoms in total. The van der Waals surface area contributed by atoms with Gasteiger partial charge in [0.1, 0.15) is 10.6 Å². The number of morpholine rings is 1.